The number of rotatable bonds is 5. The maximum absolute atomic E-state index is 12.3. The second-order valence-corrected chi connectivity index (χ2v) is 6.03. The van der Waals surface area contributed by atoms with E-state index in [0.29, 0.717) is 29.5 Å². The highest BCUT2D eigenvalue weighted by Gasteiger charge is 2.38. The Morgan fingerprint density at radius 1 is 1.43 bits per heavy atom. The Bertz CT molecular complexity index is 681. The molecule has 2 amide bonds. The van der Waals surface area contributed by atoms with Crippen molar-refractivity contribution in [3.8, 4) is 6.07 Å². The van der Waals surface area contributed by atoms with E-state index in [4.69, 9.17) is 5.26 Å². The maximum Gasteiger partial charge on any atom is 0.242 e. The molecular formula is C16H18N4O2S. The number of para-hydroxylation sites is 1. The molecule has 1 N–H and O–H groups in total. The van der Waals surface area contributed by atoms with Gasteiger partial charge in [-0.3, -0.25) is 19.5 Å². The number of benzene rings is 1. The summed E-state index contributed by atoms with van der Waals surface area (Å²) in [6.07, 6.45) is 0.0580. The van der Waals surface area contributed by atoms with Gasteiger partial charge in [-0.15, -0.1) is 0 Å². The van der Waals surface area contributed by atoms with Crippen molar-refractivity contribution in [3.63, 3.8) is 0 Å². The first-order valence-corrected chi connectivity index (χ1v) is 8.30. The Labute approximate surface area is 139 Å². The Kier molecular flexibility index (Phi) is 5.77. The molecule has 23 heavy (non-hydrogen) atoms. The Morgan fingerprint density at radius 3 is 2.83 bits per heavy atom. The number of nitrogens with zero attached hydrogens (tertiary/aromatic N) is 3. The molecule has 6 nitrogen and oxygen atoms in total. The first-order valence-electron chi connectivity index (χ1n) is 7.42. The van der Waals surface area contributed by atoms with Crippen LogP contribution in [0.2, 0.25) is 0 Å². The van der Waals surface area contributed by atoms with Crippen LogP contribution in [0, 0.1) is 11.3 Å². The van der Waals surface area contributed by atoms with Crippen molar-refractivity contribution in [2.45, 2.75) is 25.5 Å². The highest BCUT2D eigenvalue weighted by molar-refractivity contribution is 8.15. The van der Waals surface area contributed by atoms with Gasteiger partial charge in [0, 0.05) is 19.5 Å². The number of aliphatic imine (C=N–C) groups is 1. The predicted molar refractivity (Wildman–Crippen MR) is 91.1 cm³/mol. The normalized spacial score (nSPS) is 19.0. The SMILES string of the molecule is CCN=C1SC(CC(=O)Nc2ccccc2C#N)C(=O)N1CC. The lowest BCUT2D eigenvalue weighted by Crippen LogP contribution is -2.33. The third kappa shape index (κ3) is 3.90. The van der Waals surface area contributed by atoms with Crippen LogP contribution in [0.5, 0.6) is 0 Å². The molecule has 7 heteroatoms. The second-order valence-electron chi connectivity index (χ2n) is 4.86. The number of hydrogen-bond acceptors (Lipinski definition) is 5. The van der Waals surface area contributed by atoms with E-state index in [0.717, 1.165) is 0 Å². The van der Waals surface area contributed by atoms with Gasteiger partial charge in [-0.2, -0.15) is 5.26 Å². The molecule has 120 valence electrons. The maximum atomic E-state index is 12.3. The quantitative estimate of drug-likeness (QED) is 0.897. The molecule has 0 aliphatic carbocycles. The van der Waals surface area contributed by atoms with E-state index in [1.165, 1.54) is 11.8 Å². The second kappa shape index (κ2) is 7.79. The fraction of sp³-hybridized carbons (Fsp3) is 0.375. The number of anilines is 1. The van der Waals surface area contributed by atoms with Gasteiger partial charge in [0.1, 0.15) is 11.3 Å². The van der Waals surface area contributed by atoms with Crippen LogP contribution in [0.4, 0.5) is 5.69 Å². The monoisotopic (exact) mass is 330 g/mol. The van der Waals surface area contributed by atoms with Crippen molar-refractivity contribution in [1.29, 1.82) is 5.26 Å². The van der Waals surface area contributed by atoms with Crippen LogP contribution in [-0.4, -0.2) is 40.2 Å². The Balaban J connectivity index is 2.05. The summed E-state index contributed by atoms with van der Waals surface area (Å²) in [5.41, 5.74) is 0.861. The Morgan fingerprint density at radius 2 is 2.17 bits per heavy atom. The van der Waals surface area contributed by atoms with E-state index in [2.05, 4.69) is 10.3 Å². The summed E-state index contributed by atoms with van der Waals surface area (Å²) in [6, 6.07) is 8.81. The topological polar surface area (TPSA) is 85.6 Å². The van der Waals surface area contributed by atoms with Gasteiger partial charge < -0.3 is 5.32 Å². The average molecular weight is 330 g/mol. The molecular weight excluding hydrogens is 312 g/mol. The van der Waals surface area contributed by atoms with Gasteiger partial charge in [0.2, 0.25) is 11.8 Å². The van der Waals surface area contributed by atoms with Crippen LogP contribution in [0.15, 0.2) is 29.3 Å². The summed E-state index contributed by atoms with van der Waals surface area (Å²) in [7, 11) is 0. The smallest absolute Gasteiger partial charge is 0.242 e. The minimum absolute atomic E-state index is 0.0580. The van der Waals surface area contributed by atoms with E-state index < -0.39 is 5.25 Å². The number of carbonyl (C=O) groups is 2. The molecule has 0 spiro atoms. The zero-order valence-corrected chi connectivity index (χ0v) is 13.9. The summed E-state index contributed by atoms with van der Waals surface area (Å²) in [5, 5.41) is 12.0. The number of nitrogens with one attached hydrogen (secondary N) is 1. The third-order valence-corrected chi connectivity index (χ3v) is 4.54. The lowest BCUT2D eigenvalue weighted by molar-refractivity contribution is -0.128. The molecule has 0 saturated carbocycles. The van der Waals surface area contributed by atoms with Crippen LogP contribution >= 0.6 is 11.8 Å². The summed E-state index contributed by atoms with van der Waals surface area (Å²) in [6.45, 7) is 4.93. The van der Waals surface area contributed by atoms with Crippen molar-refractivity contribution in [2.75, 3.05) is 18.4 Å². The van der Waals surface area contributed by atoms with Gasteiger partial charge >= 0.3 is 0 Å². The first kappa shape index (κ1) is 17.0. The van der Waals surface area contributed by atoms with Crippen LogP contribution in [0.25, 0.3) is 0 Å². The molecule has 1 aromatic rings. The number of thioether (sulfide) groups is 1. The minimum atomic E-state index is -0.463. The van der Waals surface area contributed by atoms with Crippen molar-refractivity contribution < 1.29 is 9.59 Å². The van der Waals surface area contributed by atoms with Crippen LogP contribution in [-0.2, 0) is 9.59 Å². The van der Waals surface area contributed by atoms with Crippen molar-refractivity contribution in [3.05, 3.63) is 29.8 Å². The molecule has 1 saturated heterocycles. The lowest BCUT2D eigenvalue weighted by atomic mass is 10.2. The summed E-state index contributed by atoms with van der Waals surface area (Å²) >= 11 is 1.33. The van der Waals surface area contributed by atoms with Crippen molar-refractivity contribution >= 4 is 34.4 Å². The standard InChI is InChI=1S/C16H18N4O2S/c1-3-18-16-20(4-2)15(22)13(23-16)9-14(21)19-12-8-6-5-7-11(12)10-17/h5-8,13H,3-4,9H2,1-2H3,(H,19,21). The number of amidine groups is 1. The average Bonchev–Trinajstić information content (AvgIpc) is 2.83. The number of nitriles is 1. The van der Waals surface area contributed by atoms with Crippen molar-refractivity contribution in [1.82, 2.24) is 4.90 Å². The third-order valence-electron chi connectivity index (χ3n) is 3.32. The van der Waals surface area contributed by atoms with Gasteiger partial charge in [-0.05, 0) is 26.0 Å². The molecule has 1 fully saturated rings. The van der Waals surface area contributed by atoms with Crippen molar-refractivity contribution in [2.24, 2.45) is 4.99 Å². The van der Waals surface area contributed by atoms with Gasteiger partial charge in [0.05, 0.1) is 11.3 Å². The molecule has 0 bridgehead atoms. The minimum Gasteiger partial charge on any atom is -0.325 e. The number of amides is 2. The number of hydrogen-bond donors (Lipinski definition) is 1. The zero-order valence-electron chi connectivity index (χ0n) is 13.1. The van der Waals surface area contributed by atoms with Gasteiger partial charge in [-0.1, -0.05) is 23.9 Å². The molecule has 0 aromatic heterocycles. The summed E-state index contributed by atoms with van der Waals surface area (Å²) < 4.78 is 0. The van der Waals surface area contributed by atoms with E-state index in [1.807, 2.05) is 19.9 Å². The van der Waals surface area contributed by atoms with Gasteiger partial charge in [-0.25, -0.2) is 0 Å². The predicted octanol–water partition coefficient (Wildman–Crippen LogP) is 2.23. The molecule has 1 unspecified atom stereocenters. The molecule has 1 heterocycles. The van der Waals surface area contributed by atoms with E-state index >= 15 is 0 Å². The molecule has 0 radical (unpaired) electrons. The van der Waals surface area contributed by atoms with Gasteiger partial charge in [0.25, 0.3) is 0 Å². The van der Waals surface area contributed by atoms with Crippen LogP contribution in [0.3, 0.4) is 0 Å². The Hall–Kier alpha value is -2.33. The molecule has 1 aromatic carbocycles. The zero-order chi connectivity index (χ0) is 16.8. The highest BCUT2D eigenvalue weighted by atomic mass is 32.2. The summed E-state index contributed by atoms with van der Waals surface area (Å²) in [5.74, 6) is -0.374. The largest absolute Gasteiger partial charge is 0.325 e. The fourth-order valence-electron chi connectivity index (χ4n) is 2.25. The first-order chi connectivity index (χ1) is 11.1. The molecule has 1 aliphatic heterocycles. The molecule has 1 atom stereocenters. The van der Waals surface area contributed by atoms with Crippen LogP contribution < -0.4 is 5.32 Å². The molecule has 1 aliphatic rings. The van der Waals surface area contributed by atoms with E-state index in [-0.39, 0.29) is 18.2 Å². The van der Waals surface area contributed by atoms with E-state index in [1.54, 1.807) is 29.2 Å². The highest BCUT2D eigenvalue weighted by Crippen LogP contribution is 2.29. The summed E-state index contributed by atoms with van der Waals surface area (Å²) in [4.78, 5) is 30.4. The number of carbonyl (C=O) groups excluding carboxylic acids is 2. The van der Waals surface area contributed by atoms with Crippen LogP contribution in [0.1, 0.15) is 25.8 Å². The lowest BCUT2D eigenvalue weighted by Gasteiger charge is -2.13. The van der Waals surface area contributed by atoms with E-state index in [9.17, 15) is 9.59 Å². The fourth-order valence-corrected chi connectivity index (χ4v) is 3.51. The van der Waals surface area contributed by atoms with Gasteiger partial charge in [0.15, 0.2) is 5.17 Å². The molecule has 2 rings (SSSR count).